The van der Waals surface area contributed by atoms with Crippen LogP contribution in [0.1, 0.15) is 0 Å². The van der Waals surface area contributed by atoms with Crippen molar-refractivity contribution in [2.24, 2.45) is 0 Å². The minimum Gasteiger partial charge on any atom is -1.00 e. The van der Waals surface area contributed by atoms with E-state index in [1.807, 2.05) is 0 Å². The molecule has 0 fully saturated rings. The summed E-state index contributed by atoms with van der Waals surface area (Å²) in [7, 11) is 0. The molecule has 0 aromatic heterocycles. The number of hydrogen-bond donors (Lipinski definition) is 0. The molecule has 0 aromatic carbocycles. The van der Waals surface area contributed by atoms with E-state index in [-0.39, 0.29) is 76.0 Å². The van der Waals surface area contributed by atoms with Crippen LogP contribution in [-0.2, 0) is 0 Å². The average Bonchev–Trinajstić information content (AvgIpc) is 0. The van der Waals surface area contributed by atoms with Crippen molar-refractivity contribution < 1.29 is 24.8 Å². The Bertz CT molecular complexity index is 6.00. The van der Waals surface area contributed by atoms with E-state index >= 15 is 0 Å². The number of halogens is 2. The molecule has 0 rings (SSSR count). The predicted molar refractivity (Wildman–Crippen MR) is 16.1 cm³/mol. The SMILES string of the molecule is S.[Ca+2].[Cl-].[Cl-]. The zero-order chi connectivity index (χ0) is 0. The Balaban J connectivity index is 0. The Morgan fingerprint density at radius 3 is 0.750 bits per heavy atom. The van der Waals surface area contributed by atoms with E-state index in [4.69, 9.17) is 0 Å². The quantitative estimate of drug-likeness (QED) is 0.297. The molecule has 0 amide bonds. The van der Waals surface area contributed by atoms with Crippen molar-refractivity contribution in [3.05, 3.63) is 0 Å². The van der Waals surface area contributed by atoms with Gasteiger partial charge >= 0.3 is 37.7 Å². The minimum absolute atomic E-state index is 0. The van der Waals surface area contributed by atoms with Gasteiger partial charge in [-0.15, -0.1) is 0 Å². The summed E-state index contributed by atoms with van der Waals surface area (Å²) >= 11 is 0. The first-order chi connectivity index (χ1) is 0. The maximum atomic E-state index is 0. The van der Waals surface area contributed by atoms with Gasteiger partial charge in [-0.3, -0.25) is 0 Å². The van der Waals surface area contributed by atoms with Gasteiger partial charge in [0.2, 0.25) is 0 Å². The van der Waals surface area contributed by atoms with Gasteiger partial charge in [-0.2, -0.15) is 13.5 Å². The van der Waals surface area contributed by atoms with E-state index in [1.54, 1.807) is 0 Å². The van der Waals surface area contributed by atoms with Crippen LogP contribution in [-0.4, -0.2) is 37.7 Å². The third-order valence-electron chi connectivity index (χ3n) is 0. The van der Waals surface area contributed by atoms with Crippen molar-refractivity contribution in [1.29, 1.82) is 0 Å². The van der Waals surface area contributed by atoms with E-state index in [2.05, 4.69) is 0 Å². The second kappa shape index (κ2) is 19.0. The molecule has 0 spiro atoms. The maximum Gasteiger partial charge on any atom is 2.00 e. The zero-order valence-corrected chi connectivity index (χ0v) is 6.68. The molecule has 0 atom stereocenters. The van der Waals surface area contributed by atoms with Crippen LogP contribution >= 0.6 is 13.5 Å². The summed E-state index contributed by atoms with van der Waals surface area (Å²) in [5.41, 5.74) is 0. The third-order valence-corrected chi connectivity index (χ3v) is 0. The Labute approximate surface area is 75.0 Å². The van der Waals surface area contributed by atoms with Crippen LogP contribution in [0.3, 0.4) is 0 Å². The first-order valence-corrected chi connectivity index (χ1v) is 0. The Kier molecular flexibility index (Phi) is 165. The number of hydrogen-bond acceptors (Lipinski definition) is 0. The van der Waals surface area contributed by atoms with Crippen LogP contribution in [0.15, 0.2) is 0 Å². The molecular formula is H2CaCl2S. The molecule has 24 valence electrons. The molecule has 0 radical (unpaired) electrons. The summed E-state index contributed by atoms with van der Waals surface area (Å²) in [5, 5.41) is 0. The van der Waals surface area contributed by atoms with Crippen molar-refractivity contribution in [1.82, 2.24) is 0 Å². The second-order valence-electron chi connectivity index (χ2n) is 0. The Morgan fingerprint density at radius 1 is 0.750 bits per heavy atom. The normalized spacial score (nSPS) is 0. The molecule has 0 aromatic rings. The van der Waals surface area contributed by atoms with E-state index in [0.717, 1.165) is 0 Å². The topological polar surface area (TPSA) is 0 Å². The molecule has 4 heteroatoms. The van der Waals surface area contributed by atoms with Crippen LogP contribution in [0.5, 0.6) is 0 Å². The summed E-state index contributed by atoms with van der Waals surface area (Å²) in [6.07, 6.45) is 0. The van der Waals surface area contributed by atoms with Crippen LogP contribution < -0.4 is 24.8 Å². The van der Waals surface area contributed by atoms with E-state index in [0.29, 0.717) is 0 Å². The first-order valence-electron chi connectivity index (χ1n) is 0. The molecule has 0 aliphatic rings. The third kappa shape index (κ3) is 8.89. The van der Waals surface area contributed by atoms with Gasteiger partial charge in [0, 0.05) is 0 Å². The van der Waals surface area contributed by atoms with Gasteiger partial charge in [-0.25, -0.2) is 0 Å². The van der Waals surface area contributed by atoms with Gasteiger partial charge in [0.25, 0.3) is 0 Å². The fourth-order valence-corrected chi connectivity index (χ4v) is 0. The Morgan fingerprint density at radius 2 is 0.750 bits per heavy atom. The van der Waals surface area contributed by atoms with E-state index in [1.165, 1.54) is 0 Å². The monoisotopic (exact) mass is 144 g/mol. The zero-order valence-electron chi connectivity index (χ0n) is 1.96. The predicted octanol–water partition coefficient (Wildman–Crippen LogP) is -6.26. The fourth-order valence-electron chi connectivity index (χ4n) is 0. The molecule has 0 aliphatic carbocycles. The van der Waals surface area contributed by atoms with Crippen molar-refractivity contribution in [3.63, 3.8) is 0 Å². The van der Waals surface area contributed by atoms with Gasteiger partial charge in [-0.1, -0.05) is 0 Å². The first kappa shape index (κ1) is 34.8. The smallest absolute Gasteiger partial charge is 1.00 e. The van der Waals surface area contributed by atoms with Gasteiger partial charge in [0.05, 0.1) is 0 Å². The Hall–Kier alpha value is 2.19. The molecule has 0 nitrogen and oxygen atoms in total. The van der Waals surface area contributed by atoms with Crippen molar-refractivity contribution in [2.75, 3.05) is 0 Å². The van der Waals surface area contributed by atoms with Crippen molar-refractivity contribution in [2.45, 2.75) is 0 Å². The van der Waals surface area contributed by atoms with Gasteiger partial charge in [0.15, 0.2) is 0 Å². The maximum absolute atomic E-state index is 0. The molecule has 0 heterocycles. The van der Waals surface area contributed by atoms with Crippen molar-refractivity contribution in [3.8, 4) is 0 Å². The summed E-state index contributed by atoms with van der Waals surface area (Å²) in [4.78, 5) is 0. The molecule has 0 N–H and O–H groups in total. The number of rotatable bonds is 0. The summed E-state index contributed by atoms with van der Waals surface area (Å²) < 4.78 is 0. The summed E-state index contributed by atoms with van der Waals surface area (Å²) in [6, 6.07) is 0. The van der Waals surface area contributed by atoms with E-state index < -0.39 is 0 Å². The van der Waals surface area contributed by atoms with Crippen LogP contribution in [0, 0.1) is 0 Å². The molecule has 0 bridgehead atoms. The standard InChI is InChI=1S/Ca.2ClH.H2S/h;2*1H;1H2/q+2;;;/p-2. The van der Waals surface area contributed by atoms with Gasteiger partial charge in [0.1, 0.15) is 0 Å². The summed E-state index contributed by atoms with van der Waals surface area (Å²) in [6.45, 7) is 0. The molecular weight excluding hydrogens is 143 g/mol. The molecule has 0 aliphatic heterocycles. The summed E-state index contributed by atoms with van der Waals surface area (Å²) in [5.74, 6) is 0. The van der Waals surface area contributed by atoms with Crippen molar-refractivity contribution >= 4 is 51.2 Å². The van der Waals surface area contributed by atoms with Gasteiger partial charge in [-0.05, 0) is 0 Å². The average molecular weight is 145 g/mol. The minimum atomic E-state index is 0. The second-order valence-corrected chi connectivity index (χ2v) is 0. The fraction of sp³-hybridized carbons (Fsp3) is 0. The van der Waals surface area contributed by atoms with E-state index in [9.17, 15) is 0 Å². The largest absolute Gasteiger partial charge is 2.00 e. The molecule has 0 unspecified atom stereocenters. The molecule has 0 saturated heterocycles. The van der Waals surface area contributed by atoms with Gasteiger partial charge < -0.3 is 24.8 Å². The molecule has 0 saturated carbocycles. The van der Waals surface area contributed by atoms with Crippen LogP contribution in [0.4, 0.5) is 0 Å². The van der Waals surface area contributed by atoms with Crippen LogP contribution in [0.25, 0.3) is 0 Å². The van der Waals surface area contributed by atoms with Crippen LogP contribution in [0.2, 0.25) is 0 Å². The molecule has 4 heavy (non-hydrogen) atoms.